The second-order valence-electron chi connectivity index (χ2n) is 4.91. The van der Waals surface area contributed by atoms with Crippen LogP contribution >= 0.6 is 11.6 Å². The molecule has 0 spiro atoms. The lowest BCUT2D eigenvalue weighted by Gasteiger charge is -2.14. The number of benzene rings is 2. The molecule has 0 atom stereocenters. The van der Waals surface area contributed by atoms with E-state index in [0.717, 1.165) is 11.3 Å². The van der Waals surface area contributed by atoms with Gasteiger partial charge < -0.3 is 14.8 Å². The minimum absolute atomic E-state index is 0.551. The van der Waals surface area contributed by atoms with Crippen LogP contribution in [0.1, 0.15) is 16.7 Å². The fourth-order valence-electron chi connectivity index (χ4n) is 2.21. The van der Waals surface area contributed by atoms with E-state index in [0.29, 0.717) is 23.1 Å². The standard InChI is InChI=1S/C17H20ClNO2/c1-11-6-5-7-15(12(11)2)19-10-13-8-14(18)17(21-4)16(9-13)20-3/h5-9,19H,10H2,1-4H3. The Morgan fingerprint density at radius 3 is 2.52 bits per heavy atom. The van der Waals surface area contributed by atoms with Crippen molar-refractivity contribution in [1.29, 1.82) is 0 Å². The van der Waals surface area contributed by atoms with Gasteiger partial charge in [0, 0.05) is 12.2 Å². The van der Waals surface area contributed by atoms with Gasteiger partial charge in [0.15, 0.2) is 11.5 Å². The maximum atomic E-state index is 6.22. The van der Waals surface area contributed by atoms with Gasteiger partial charge in [-0.25, -0.2) is 0 Å². The Morgan fingerprint density at radius 1 is 1.10 bits per heavy atom. The highest BCUT2D eigenvalue weighted by Gasteiger charge is 2.11. The highest BCUT2D eigenvalue weighted by Crippen LogP contribution is 2.36. The van der Waals surface area contributed by atoms with Crippen molar-refractivity contribution in [2.45, 2.75) is 20.4 Å². The first-order valence-electron chi connectivity index (χ1n) is 6.77. The topological polar surface area (TPSA) is 30.5 Å². The molecular weight excluding hydrogens is 286 g/mol. The lowest BCUT2D eigenvalue weighted by atomic mass is 10.1. The summed E-state index contributed by atoms with van der Waals surface area (Å²) in [5.74, 6) is 1.21. The van der Waals surface area contributed by atoms with Crippen LogP contribution in [0.4, 0.5) is 5.69 Å². The maximum Gasteiger partial charge on any atom is 0.179 e. The molecule has 0 aromatic heterocycles. The van der Waals surface area contributed by atoms with Crippen LogP contribution in [0.3, 0.4) is 0 Å². The van der Waals surface area contributed by atoms with Crippen molar-refractivity contribution in [2.75, 3.05) is 19.5 Å². The van der Waals surface area contributed by atoms with E-state index in [1.807, 2.05) is 18.2 Å². The van der Waals surface area contributed by atoms with Crippen molar-refractivity contribution < 1.29 is 9.47 Å². The van der Waals surface area contributed by atoms with E-state index in [9.17, 15) is 0 Å². The second kappa shape index (κ2) is 6.72. The molecule has 0 heterocycles. The van der Waals surface area contributed by atoms with Crippen LogP contribution in [-0.2, 0) is 6.54 Å². The van der Waals surface area contributed by atoms with Crippen LogP contribution in [-0.4, -0.2) is 14.2 Å². The zero-order valence-electron chi connectivity index (χ0n) is 12.8. The number of rotatable bonds is 5. The summed E-state index contributed by atoms with van der Waals surface area (Å²) in [6.07, 6.45) is 0. The molecule has 0 saturated heterocycles. The van der Waals surface area contributed by atoms with E-state index >= 15 is 0 Å². The normalized spacial score (nSPS) is 10.3. The smallest absolute Gasteiger partial charge is 0.179 e. The first-order chi connectivity index (χ1) is 10.1. The Balaban J connectivity index is 2.20. The Bertz CT molecular complexity index is 641. The van der Waals surface area contributed by atoms with Crippen molar-refractivity contribution in [3.63, 3.8) is 0 Å². The summed E-state index contributed by atoms with van der Waals surface area (Å²) in [5, 5.41) is 3.98. The van der Waals surface area contributed by atoms with Crippen LogP contribution in [0.15, 0.2) is 30.3 Å². The average Bonchev–Trinajstić information content (AvgIpc) is 2.48. The van der Waals surface area contributed by atoms with Gasteiger partial charge in [0.1, 0.15) is 0 Å². The van der Waals surface area contributed by atoms with Crippen molar-refractivity contribution in [2.24, 2.45) is 0 Å². The van der Waals surface area contributed by atoms with Gasteiger partial charge >= 0.3 is 0 Å². The Hall–Kier alpha value is -1.87. The number of hydrogen-bond donors (Lipinski definition) is 1. The second-order valence-corrected chi connectivity index (χ2v) is 5.32. The Labute approximate surface area is 130 Å². The highest BCUT2D eigenvalue weighted by molar-refractivity contribution is 6.32. The molecule has 3 nitrogen and oxygen atoms in total. The van der Waals surface area contributed by atoms with E-state index < -0.39 is 0 Å². The SMILES string of the molecule is COc1cc(CNc2cccc(C)c2C)cc(Cl)c1OC. The van der Waals surface area contributed by atoms with Crippen LogP contribution in [0, 0.1) is 13.8 Å². The minimum Gasteiger partial charge on any atom is -0.493 e. The van der Waals surface area contributed by atoms with Crippen LogP contribution in [0.5, 0.6) is 11.5 Å². The molecule has 0 unspecified atom stereocenters. The average molecular weight is 306 g/mol. The lowest BCUT2D eigenvalue weighted by molar-refractivity contribution is 0.355. The number of nitrogens with one attached hydrogen (secondary N) is 1. The third-order valence-corrected chi connectivity index (χ3v) is 3.86. The largest absolute Gasteiger partial charge is 0.493 e. The van der Waals surface area contributed by atoms with E-state index in [-0.39, 0.29) is 0 Å². The fraction of sp³-hybridized carbons (Fsp3) is 0.294. The lowest BCUT2D eigenvalue weighted by Crippen LogP contribution is -2.03. The number of halogens is 1. The third kappa shape index (κ3) is 3.42. The maximum absolute atomic E-state index is 6.22. The summed E-state index contributed by atoms with van der Waals surface area (Å²) in [4.78, 5) is 0. The van der Waals surface area contributed by atoms with Crippen LogP contribution < -0.4 is 14.8 Å². The molecule has 2 aromatic rings. The molecule has 2 rings (SSSR count). The summed E-state index contributed by atoms with van der Waals surface area (Å²) in [7, 11) is 3.19. The molecule has 2 aromatic carbocycles. The minimum atomic E-state index is 0.551. The van der Waals surface area contributed by atoms with E-state index in [2.05, 4.69) is 31.3 Å². The number of methoxy groups -OCH3 is 2. The summed E-state index contributed by atoms with van der Waals surface area (Å²) in [6, 6.07) is 10.1. The van der Waals surface area contributed by atoms with E-state index in [1.165, 1.54) is 11.1 Å². The molecule has 0 aliphatic heterocycles. The predicted octanol–water partition coefficient (Wildman–Crippen LogP) is 4.59. The summed E-state index contributed by atoms with van der Waals surface area (Å²) >= 11 is 6.22. The predicted molar refractivity (Wildman–Crippen MR) is 87.8 cm³/mol. The third-order valence-electron chi connectivity index (χ3n) is 3.58. The molecule has 21 heavy (non-hydrogen) atoms. The van der Waals surface area contributed by atoms with Gasteiger partial charge in [-0.05, 0) is 48.7 Å². The van der Waals surface area contributed by atoms with E-state index in [1.54, 1.807) is 14.2 Å². The number of aryl methyl sites for hydroxylation is 1. The van der Waals surface area contributed by atoms with Gasteiger partial charge in [0.2, 0.25) is 0 Å². The quantitative estimate of drug-likeness (QED) is 0.876. The Morgan fingerprint density at radius 2 is 1.86 bits per heavy atom. The van der Waals surface area contributed by atoms with Gasteiger partial charge in [-0.15, -0.1) is 0 Å². The van der Waals surface area contributed by atoms with Gasteiger partial charge in [-0.1, -0.05) is 23.7 Å². The molecular formula is C17H20ClNO2. The molecule has 112 valence electrons. The van der Waals surface area contributed by atoms with Gasteiger partial charge in [-0.2, -0.15) is 0 Å². The van der Waals surface area contributed by atoms with E-state index in [4.69, 9.17) is 21.1 Å². The first kappa shape index (κ1) is 15.5. The number of ether oxygens (including phenoxy) is 2. The van der Waals surface area contributed by atoms with Crippen LogP contribution in [0.25, 0.3) is 0 Å². The summed E-state index contributed by atoms with van der Waals surface area (Å²) < 4.78 is 10.6. The molecule has 1 N–H and O–H groups in total. The van der Waals surface area contributed by atoms with Crippen LogP contribution in [0.2, 0.25) is 5.02 Å². The van der Waals surface area contributed by atoms with Crippen molar-refractivity contribution in [1.82, 2.24) is 0 Å². The number of anilines is 1. The summed E-state index contributed by atoms with van der Waals surface area (Å²) in [6.45, 7) is 4.89. The fourth-order valence-corrected chi connectivity index (χ4v) is 2.52. The molecule has 0 amide bonds. The van der Waals surface area contributed by atoms with Gasteiger partial charge in [0.25, 0.3) is 0 Å². The molecule has 0 fully saturated rings. The molecule has 0 aliphatic rings. The monoisotopic (exact) mass is 305 g/mol. The van der Waals surface area contributed by atoms with Crippen molar-refractivity contribution in [3.05, 3.63) is 52.0 Å². The molecule has 0 radical (unpaired) electrons. The zero-order valence-corrected chi connectivity index (χ0v) is 13.5. The van der Waals surface area contributed by atoms with Crippen molar-refractivity contribution in [3.8, 4) is 11.5 Å². The van der Waals surface area contributed by atoms with Gasteiger partial charge in [-0.3, -0.25) is 0 Å². The van der Waals surface area contributed by atoms with Gasteiger partial charge in [0.05, 0.1) is 19.2 Å². The summed E-state index contributed by atoms with van der Waals surface area (Å²) in [5.41, 5.74) is 4.69. The van der Waals surface area contributed by atoms with Crippen molar-refractivity contribution >= 4 is 17.3 Å². The molecule has 0 saturated carbocycles. The first-order valence-corrected chi connectivity index (χ1v) is 7.15. The molecule has 4 heteroatoms. The molecule has 0 bridgehead atoms. The Kier molecular flexibility index (Phi) is 4.97. The number of hydrogen-bond acceptors (Lipinski definition) is 3. The highest BCUT2D eigenvalue weighted by atomic mass is 35.5. The molecule has 0 aliphatic carbocycles. The zero-order chi connectivity index (χ0) is 15.4.